The molecule has 0 aliphatic heterocycles. The largest absolute Gasteiger partial charge is 0.435 e. The Morgan fingerprint density at radius 3 is 2.79 bits per heavy atom. The third kappa shape index (κ3) is 5.31. The first-order valence-electron chi connectivity index (χ1n) is 7.02. The molecular weight excluding hydrogens is 342 g/mol. The van der Waals surface area contributed by atoms with Gasteiger partial charge in [0, 0.05) is 5.71 Å². The molecule has 0 fully saturated rings. The summed E-state index contributed by atoms with van der Waals surface area (Å²) in [6.45, 7) is -1.02. The van der Waals surface area contributed by atoms with Crippen molar-refractivity contribution in [1.82, 2.24) is 10.2 Å². The SMILES string of the molecule is C/C(CCc1ccc(OC(F)F)cc1)=N/Nc1cn[nH]c(=O)c1Cl. The summed E-state index contributed by atoms with van der Waals surface area (Å²) in [5.41, 5.74) is 4.24. The molecule has 9 heteroatoms. The molecule has 0 amide bonds. The molecule has 0 radical (unpaired) electrons. The Kier molecular flexibility index (Phi) is 6.25. The van der Waals surface area contributed by atoms with E-state index < -0.39 is 12.2 Å². The quantitative estimate of drug-likeness (QED) is 0.588. The zero-order valence-corrected chi connectivity index (χ0v) is 13.5. The molecule has 0 saturated carbocycles. The monoisotopic (exact) mass is 356 g/mol. The molecule has 24 heavy (non-hydrogen) atoms. The molecule has 0 bridgehead atoms. The van der Waals surface area contributed by atoms with Crippen LogP contribution in [0.15, 0.2) is 40.4 Å². The molecule has 0 unspecified atom stereocenters. The molecule has 0 aliphatic carbocycles. The summed E-state index contributed by atoms with van der Waals surface area (Å²) in [6.07, 6.45) is 2.67. The highest BCUT2D eigenvalue weighted by atomic mass is 35.5. The van der Waals surface area contributed by atoms with Crippen molar-refractivity contribution in [2.45, 2.75) is 26.4 Å². The van der Waals surface area contributed by atoms with Gasteiger partial charge in [-0.2, -0.15) is 19.0 Å². The van der Waals surface area contributed by atoms with Crippen molar-refractivity contribution in [1.29, 1.82) is 0 Å². The average molecular weight is 357 g/mol. The minimum absolute atomic E-state index is 0.0174. The topological polar surface area (TPSA) is 79.4 Å². The van der Waals surface area contributed by atoms with Gasteiger partial charge in [0.1, 0.15) is 16.5 Å². The predicted molar refractivity (Wildman–Crippen MR) is 88.0 cm³/mol. The second-order valence-electron chi connectivity index (χ2n) is 4.91. The normalized spacial score (nSPS) is 11.6. The molecule has 0 saturated heterocycles. The van der Waals surface area contributed by atoms with E-state index in [2.05, 4.69) is 25.5 Å². The zero-order valence-electron chi connectivity index (χ0n) is 12.7. The van der Waals surface area contributed by atoms with Gasteiger partial charge in [-0.1, -0.05) is 23.7 Å². The van der Waals surface area contributed by atoms with Crippen LogP contribution >= 0.6 is 11.6 Å². The number of H-pyrrole nitrogens is 1. The first kappa shape index (κ1) is 17.9. The Hall–Kier alpha value is -2.48. The van der Waals surface area contributed by atoms with Crippen molar-refractivity contribution in [2.75, 3.05) is 5.43 Å². The van der Waals surface area contributed by atoms with E-state index in [9.17, 15) is 13.6 Å². The number of nitrogens with one attached hydrogen (secondary N) is 2. The van der Waals surface area contributed by atoms with E-state index in [1.807, 2.05) is 6.92 Å². The van der Waals surface area contributed by atoms with E-state index in [4.69, 9.17) is 11.6 Å². The first-order chi connectivity index (χ1) is 11.5. The lowest BCUT2D eigenvalue weighted by Crippen LogP contribution is -2.10. The van der Waals surface area contributed by atoms with Gasteiger partial charge in [0.2, 0.25) is 0 Å². The third-order valence-corrected chi connectivity index (χ3v) is 3.46. The van der Waals surface area contributed by atoms with Crippen molar-refractivity contribution in [2.24, 2.45) is 5.10 Å². The number of anilines is 1. The maximum atomic E-state index is 12.1. The van der Waals surface area contributed by atoms with Crippen molar-refractivity contribution in [3.63, 3.8) is 0 Å². The third-order valence-electron chi connectivity index (χ3n) is 3.09. The van der Waals surface area contributed by atoms with Gasteiger partial charge in [0.15, 0.2) is 0 Å². The van der Waals surface area contributed by atoms with E-state index >= 15 is 0 Å². The maximum Gasteiger partial charge on any atom is 0.387 e. The predicted octanol–water partition coefficient (Wildman–Crippen LogP) is 3.45. The summed E-state index contributed by atoms with van der Waals surface area (Å²) in [6, 6.07) is 6.42. The molecule has 0 aliphatic rings. The van der Waals surface area contributed by atoms with Crippen LogP contribution in [0.3, 0.4) is 0 Å². The van der Waals surface area contributed by atoms with Gasteiger partial charge in [-0.3, -0.25) is 10.2 Å². The number of nitrogens with zero attached hydrogens (tertiary/aromatic N) is 2. The minimum atomic E-state index is -2.83. The van der Waals surface area contributed by atoms with Crippen LogP contribution in [-0.2, 0) is 6.42 Å². The van der Waals surface area contributed by atoms with Gasteiger partial charge in [0.25, 0.3) is 5.56 Å². The van der Waals surface area contributed by atoms with Crippen LogP contribution in [0.5, 0.6) is 5.75 Å². The van der Waals surface area contributed by atoms with Crippen molar-refractivity contribution < 1.29 is 13.5 Å². The standard InChI is InChI=1S/C15H15ClF2N4O2/c1-9(20-21-12-8-19-22-14(23)13(12)16)2-3-10-4-6-11(7-5-10)24-15(17)18/h4-8,15H,2-3H2,1H3,(H2,21,22,23)/b20-9-. The number of aromatic amines is 1. The number of hydrazone groups is 1. The number of hydrogen-bond donors (Lipinski definition) is 2. The van der Waals surface area contributed by atoms with Gasteiger partial charge < -0.3 is 4.74 Å². The Morgan fingerprint density at radius 2 is 2.12 bits per heavy atom. The van der Waals surface area contributed by atoms with Gasteiger partial charge in [-0.25, -0.2) is 5.10 Å². The number of rotatable bonds is 7. The summed E-state index contributed by atoms with van der Waals surface area (Å²) >= 11 is 5.82. The van der Waals surface area contributed by atoms with Crippen molar-refractivity contribution in [3.8, 4) is 5.75 Å². The van der Waals surface area contributed by atoms with Crippen LogP contribution in [0.1, 0.15) is 18.9 Å². The summed E-state index contributed by atoms with van der Waals surface area (Å²) in [5, 5.41) is 9.95. The second-order valence-corrected chi connectivity index (χ2v) is 5.29. The summed E-state index contributed by atoms with van der Waals surface area (Å²) in [7, 11) is 0. The van der Waals surface area contributed by atoms with Gasteiger partial charge in [0.05, 0.1) is 6.20 Å². The molecule has 2 N–H and O–H groups in total. The summed E-state index contributed by atoms with van der Waals surface area (Å²) < 4.78 is 28.4. The van der Waals surface area contributed by atoms with E-state index in [1.165, 1.54) is 18.3 Å². The van der Waals surface area contributed by atoms with Crippen LogP contribution in [-0.4, -0.2) is 22.5 Å². The van der Waals surface area contributed by atoms with Gasteiger partial charge in [-0.05, 0) is 37.5 Å². The summed E-state index contributed by atoms with van der Waals surface area (Å²) in [4.78, 5) is 11.3. The smallest absolute Gasteiger partial charge is 0.387 e. The number of benzene rings is 1. The molecule has 1 aromatic heterocycles. The van der Waals surface area contributed by atoms with E-state index in [0.717, 1.165) is 11.3 Å². The minimum Gasteiger partial charge on any atom is -0.435 e. The van der Waals surface area contributed by atoms with Gasteiger partial charge >= 0.3 is 6.61 Å². The number of hydrogen-bond acceptors (Lipinski definition) is 5. The molecule has 0 atom stereocenters. The first-order valence-corrected chi connectivity index (χ1v) is 7.39. The Labute approximate surface area is 141 Å². The lowest BCUT2D eigenvalue weighted by molar-refractivity contribution is -0.0498. The molecule has 6 nitrogen and oxygen atoms in total. The molecule has 2 rings (SSSR count). The summed E-state index contributed by atoms with van der Waals surface area (Å²) in [5.74, 6) is 0.122. The number of aromatic nitrogens is 2. The van der Waals surface area contributed by atoms with Crippen molar-refractivity contribution >= 4 is 23.0 Å². The Balaban J connectivity index is 1.89. The molecule has 0 spiro atoms. The number of ether oxygens (including phenoxy) is 1. The highest BCUT2D eigenvalue weighted by Crippen LogP contribution is 2.16. The maximum absolute atomic E-state index is 12.1. The molecule has 128 valence electrons. The fourth-order valence-corrected chi connectivity index (χ4v) is 1.97. The van der Waals surface area contributed by atoms with Crippen LogP contribution < -0.4 is 15.7 Å². The van der Waals surface area contributed by atoms with E-state index in [0.29, 0.717) is 18.5 Å². The fourth-order valence-electron chi connectivity index (χ4n) is 1.84. The zero-order chi connectivity index (χ0) is 17.5. The van der Waals surface area contributed by atoms with Crippen LogP contribution in [0.4, 0.5) is 14.5 Å². The van der Waals surface area contributed by atoms with Gasteiger partial charge in [-0.15, -0.1) is 0 Å². The highest BCUT2D eigenvalue weighted by molar-refractivity contribution is 6.32. The van der Waals surface area contributed by atoms with Crippen LogP contribution in [0, 0.1) is 0 Å². The lowest BCUT2D eigenvalue weighted by Gasteiger charge is -2.06. The van der Waals surface area contributed by atoms with Crippen LogP contribution in [0.2, 0.25) is 5.02 Å². The van der Waals surface area contributed by atoms with Crippen molar-refractivity contribution in [3.05, 3.63) is 51.4 Å². The number of halogens is 3. The molecular formula is C15H15ClF2N4O2. The highest BCUT2D eigenvalue weighted by Gasteiger charge is 2.05. The lowest BCUT2D eigenvalue weighted by atomic mass is 10.1. The average Bonchev–Trinajstić information content (AvgIpc) is 2.55. The molecule has 2 aromatic rings. The number of alkyl halides is 2. The number of aryl methyl sites for hydroxylation is 1. The van der Waals surface area contributed by atoms with E-state index in [-0.39, 0.29) is 10.8 Å². The Morgan fingerprint density at radius 1 is 1.42 bits per heavy atom. The molecule has 1 aromatic carbocycles. The fraction of sp³-hybridized carbons (Fsp3) is 0.267. The second kappa shape index (κ2) is 8.39. The molecule has 1 heterocycles. The Bertz CT molecular complexity index is 763. The van der Waals surface area contributed by atoms with E-state index in [1.54, 1.807) is 12.1 Å². The van der Waals surface area contributed by atoms with Crippen LogP contribution in [0.25, 0.3) is 0 Å².